The second kappa shape index (κ2) is 10.4. The van der Waals surface area contributed by atoms with Crippen molar-refractivity contribution < 1.29 is 29.5 Å². The van der Waals surface area contributed by atoms with Gasteiger partial charge in [0.25, 0.3) is 0 Å². The highest BCUT2D eigenvalue weighted by molar-refractivity contribution is 5.89. The first kappa shape index (κ1) is 25.3. The molecule has 2 aromatic rings. The van der Waals surface area contributed by atoms with Crippen LogP contribution in [-0.4, -0.2) is 40.0 Å². The maximum atomic E-state index is 13.7. The number of hydrogen-bond acceptors (Lipinski definition) is 4. The van der Waals surface area contributed by atoms with E-state index in [2.05, 4.69) is 17.4 Å². The summed E-state index contributed by atoms with van der Waals surface area (Å²) in [5.74, 6) is -0.238. The summed E-state index contributed by atoms with van der Waals surface area (Å²) in [6.07, 6.45) is 3.86. The fraction of sp³-hybridized carbons (Fsp3) is 0.414. The number of fused-ring (bicyclic) bond motifs is 1. The number of aliphatic hydroxyl groups is 2. The fourth-order valence-corrected chi connectivity index (χ4v) is 4.68. The number of para-hydroxylation sites is 1. The maximum absolute atomic E-state index is 13.7. The number of nitrogens with two attached hydrogens (primary N) is 1. The van der Waals surface area contributed by atoms with E-state index in [9.17, 15) is 19.4 Å². The predicted octanol–water partition coefficient (Wildman–Crippen LogP) is 4.01. The third-order valence-electron chi connectivity index (χ3n) is 6.33. The van der Waals surface area contributed by atoms with Crippen LogP contribution in [0.15, 0.2) is 66.3 Å². The lowest BCUT2D eigenvalue weighted by Gasteiger charge is -2.28. The topological polar surface area (TPSA) is 83.4 Å². The van der Waals surface area contributed by atoms with Crippen LogP contribution in [0.2, 0.25) is 0 Å². The minimum absolute atomic E-state index is 0.0311. The molecule has 0 radical (unpaired) electrons. The van der Waals surface area contributed by atoms with E-state index in [1.165, 1.54) is 12.1 Å². The molecule has 3 atom stereocenters. The molecular weight excluding hydrogens is 445 g/mol. The molecule has 1 saturated carbocycles. The Bertz CT molecular complexity index is 1110. The number of halogens is 1. The molecule has 0 bridgehead atoms. The van der Waals surface area contributed by atoms with E-state index in [0.717, 1.165) is 40.8 Å². The standard InChI is InChI=1S/C29H34FNO4/c1-29(2,3)35-26(34)17-22(33)16-21(32)14-15-24-27(18-10-12-20(30)13-11-18)23-6-4-5-7-25(23)31-28(24)19-8-9-19/h4-7,10-15,19,21-22,28,31-33H,8-9,16-17H2,1-3H3/p+1/b15-14+. The van der Waals surface area contributed by atoms with Crippen LogP contribution in [-0.2, 0) is 9.53 Å². The molecular formula is C29H35FNO4+. The van der Waals surface area contributed by atoms with Crippen molar-refractivity contribution in [1.29, 1.82) is 0 Å². The summed E-state index contributed by atoms with van der Waals surface area (Å²) in [5, 5.41) is 23.3. The number of hydrogen-bond donors (Lipinski definition) is 3. The van der Waals surface area contributed by atoms with Crippen molar-refractivity contribution in [3.8, 4) is 0 Å². The van der Waals surface area contributed by atoms with Crippen LogP contribution in [0, 0.1) is 11.7 Å². The van der Waals surface area contributed by atoms with Crippen molar-refractivity contribution in [2.75, 3.05) is 0 Å². The highest BCUT2D eigenvalue weighted by atomic mass is 19.1. The Kier molecular flexibility index (Phi) is 7.55. The van der Waals surface area contributed by atoms with Crippen LogP contribution >= 0.6 is 0 Å². The van der Waals surface area contributed by atoms with Gasteiger partial charge >= 0.3 is 5.97 Å². The molecule has 1 fully saturated rings. The minimum atomic E-state index is -1.01. The molecule has 0 spiro atoms. The van der Waals surface area contributed by atoms with Crippen molar-refractivity contribution in [2.45, 2.75) is 70.3 Å². The van der Waals surface area contributed by atoms with Gasteiger partial charge < -0.3 is 20.3 Å². The van der Waals surface area contributed by atoms with Crippen molar-refractivity contribution in [3.63, 3.8) is 0 Å². The molecule has 0 amide bonds. The number of benzene rings is 2. The van der Waals surface area contributed by atoms with Crippen LogP contribution in [0.25, 0.3) is 5.57 Å². The normalized spacial score (nSPS) is 20.0. The number of aliphatic hydroxyl groups excluding tert-OH is 2. The zero-order valence-corrected chi connectivity index (χ0v) is 20.6. The first-order chi connectivity index (χ1) is 16.6. The molecule has 2 aliphatic rings. The van der Waals surface area contributed by atoms with E-state index < -0.39 is 23.8 Å². The number of ether oxygens (including phenoxy) is 1. The molecule has 3 unspecified atom stereocenters. The van der Waals surface area contributed by atoms with Gasteiger partial charge in [-0.05, 0) is 63.4 Å². The van der Waals surface area contributed by atoms with Gasteiger partial charge in [-0.25, -0.2) is 4.39 Å². The van der Waals surface area contributed by atoms with E-state index in [1.807, 2.05) is 18.2 Å². The number of rotatable bonds is 8. The smallest absolute Gasteiger partial charge is 0.308 e. The molecule has 186 valence electrons. The van der Waals surface area contributed by atoms with E-state index in [4.69, 9.17) is 4.74 Å². The van der Waals surface area contributed by atoms with E-state index in [1.54, 1.807) is 39.0 Å². The Morgan fingerprint density at radius 2 is 1.83 bits per heavy atom. The van der Waals surface area contributed by atoms with Gasteiger partial charge in [-0.15, -0.1) is 0 Å². The van der Waals surface area contributed by atoms with E-state index >= 15 is 0 Å². The van der Waals surface area contributed by atoms with Crippen molar-refractivity contribution in [2.24, 2.45) is 5.92 Å². The molecule has 1 aliphatic heterocycles. The molecule has 5 nitrogen and oxygen atoms in total. The molecule has 0 saturated heterocycles. The van der Waals surface area contributed by atoms with Crippen LogP contribution < -0.4 is 5.32 Å². The summed E-state index contributed by atoms with van der Waals surface area (Å²) in [5.41, 5.74) is 4.67. The van der Waals surface area contributed by atoms with Gasteiger partial charge in [0.15, 0.2) is 0 Å². The van der Waals surface area contributed by atoms with Gasteiger partial charge in [0.2, 0.25) is 0 Å². The van der Waals surface area contributed by atoms with Gasteiger partial charge in [-0.2, -0.15) is 0 Å². The van der Waals surface area contributed by atoms with Crippen LogP contribution in [0.1, 0.15) is 57.6 Å². The summed E-state index contributed by atoms with van der Waals surface area (Å²) in [4.78, 5) is 12.0. The zero-order chi connectivity index (χ0) is 25.2. The Morgan fingerprint density at radius 1 is 1.14 bits per heavy atom. The third kappa shape index (κ3) is 6.66. The van der Waals surface area contributed by atoms with Crippen LogP contribution in [0.4, 0.5) is 10.1 Å². The van der Waals surface area contributed by atoms with Gasteiger partial charge in [0, 0.05) is 29.0 Å². The first-order valence-electron chi connectivity index (χ1n) is 12.3. The summed E-state index contributed by atoms with van der Waals surface area (Å²) in [6.45, 7) is 5.32. The largest absolute Gasteiger partial charge is 0.460 e. The number of quaternary nitrogens is 1. The van der Waals surface area contributed by atoms with E-state index in [-0.39, 0.29) is 24.7 Å². The highest BCUT2D eigenvalue weighted by Crippen LogP contribution is 2.42. The Hall–Kier alpha value is -2.80. The SMILES string of the molecule is CC(C)(C)OC(=O)CC(O)CC(O)/C=C/C1=C(c2ccc(F)cc2)c2ccccc2[NH2+]C1C1CC1. The van der Waals surface area contributed by atoms with Gasteiger partial charge in [-0.1, -0.05) is 36.4 Å². The quantitative estimate of drug-likeness (QED) is 0.394. The van der Waals surface area contributed by atoms with Gasteiger partial charge in [-0.3, -0.25) is 4.79 Å². The monoisotopic (exact) mass is 480 g/mol. The molecule has 1 aliphatic carbocycles. The third-order valence-corrected chi connectivity index (χ3v) is 6.33. The lowest BCUT2D eigenvalue weighted by Crippen LogP contribution is -2.87. The molecule has 2 aromatic carbocycles. The van der Waals surface area contributed by atoms with Gasteiger partial charge in [0.05, 0.1) is 18.6 Å². The maximum Gasteiger partial charge on any atom is 0.308 e. The minimum Gasteiger partial charge on any atom is -0.460 e. The second-order valence-corrected chi connectivity index (χ2v) is 10.6. The van der Waals surface area contributed by atoms with Crippen LogP contribution in [0.3, 0.4) is 0 Å². The summed E-state index contributed by atoms with van der Waals surface area (Å²) in [7, 11) is 0. The highest BCUT2D eigenvalue weighted by Gasteiger charge is 2.41. The lowest BCUT2D eigenvalue weighted by molar-refractivity contribution is -0.606. The van der Waals surface area contributed by atoms with Crippen molar-refractivity contribution in [3.05, 3.63) is 83.2 Å². The summed E-state index contributed by atoms with van der Waals surface area (Å²) in [6, 6.07) is 14.9. The number of esters is 1. The number of carbonyl (C=O) groups is 1. The second-order valence-electron chi connectivity index (χ2n) is 10.6. The van der Waals surface area contributed by atoms with Crippen molar-refractivity contribution >= 4 is 17.2 Å². The Balaban J connectivity index is 1.60. The molecule has 1 heterocycles. The first-order valence-corrected chi connectivity index (χ1v) is 12.3. The lowest BCUT2D eigenvalue weighted by atomic mass is 9.83. The fourth-order valence-electron chi connectivity index (χ4n) is 4.68. The molecule has 35 heavy (non-hydrogen) atoms. The molecule has 0 aromatic heterocycles. The average molecular weight is 481 g/mol. The molecule has 4 rings (SSSR count). The van der Waals surface area contributed by atoms with Crippen LogP contribution in [0.5, 0.6) is 0 Å². The van der Waals surface area contributed by atoms with Crippen molar-refractivity contribution in [1.82, 2.24) is 0 Å². The molecule has 6 heteroatoms. The number of carbonyl (C=O) groups excluding carboxylic acids is 1. The summed E-state index contributed by atoms with van der Waals surface area (Å²) >= 11 is 0. The molecule has 4 N–H and O–H groups in total. The van der Waals surface area contributed by atoms with Gasteiger partial charge in [0.1, 0.15) is 23.1 Å². The summed E-state index contributed by atoms with van der Waals surface area (Å²) < 4.78 is 19.0. The Labute approximate surface area is 206 Å². The zero-order valence-electron chi connectivity index (χ0n) is 20.6. The Morgan fingerprint density at radius 3 is 2.49 bits per heavy atom. The van der Waals surface area contributed by atoms with E-state index in [0.29, 0.717) is 5.92 Å². The predicted molar refractivity (Wildman–Crippen MR) is 133 cm³/mol. The average Bonchev–Trinajstić information content (AvgIpc) is 3.61.